The molecule has 0 spiro atoms. The Bertz CT molecular complexity index is 469. The summed E-state index contributed by atoms with van der Waals surface area (Å²) in [5.41, 5.74) is 5.47. The fraction of sp³-hybridized carbons (Fsp3) is 0.333. The van der Waals surface area contributed by atoms with Gasteiger partial charge >= 0.3 is 0 Å². The lowest BCUT2D eigenvalue weighted by Gasteiger charge is -2.04. The third-order valence-corrected chi connectivity index (χ3v) is 2.33. The minimum absolute atomic E-state index is 1.04. The Morgan fingerprint density at radius 2 is 1.39 bits per heavy atom. The van der Waals surface area contributed by atoms with Gasteiger partial charge in [-0.25, -0.2) is 0 Å². The molecule has 3 nitrogen and oxygen atoms in total. The third-order valence-electron chi connectivity index (χ3n) is 2.33. The molecule has 1 N–H and O–H groups in total. The summed E-state index contributed by atoms with van der Waals surface area (Å²) in [6.07, 6.45) is 1.91. The average molecular weight is 243 g/mol. The summed E-state index contributed by atoms with van der Waals surface area (Å²) in [5, 5.41) is 2.75. The van der Waals surface area contributed by atoms with Gasteiger partial charge in [0.2, 0.25) is 0 Å². The normalized spacial score (nSPS) is 9.61. The van der Waals surface area contributed by atoms with Gasteiger partial charge in [-0.2, -0.15) is 0 Å². The first-order valence-electron chi connectivity index (χ1n) is 6.03. The van der Waals surface area contributed by atoms with Crippen molar-refractivity contribution in [2.75, 3.05) is 14.1 Å². The summed E-state index contributed by atoms with van der Waals surface area (Å²) >= 11 is 0. The largest absolute Gasteiger partial charge is 0.323 e. The summed E-state index contributed by atoms with van der Waals surface area (Å²) < 4.78 is 0. The molecule has 2 aromatic rings. The smallest absolute Gasteiger partial charge is 0.0382 e. The predicted molar refractivity (Wildman–Crippen MR) is 76.7 cm³/mol. The first-order chi connectivity index (χ1) is 8.56. The second kappa shape index (κ2) is 6.87. The number of nitrogens with one attached hydrogen (secondary N) is 1. The fourth-order valence-electron chi connectivity index (χ4n) is 1.64. The van der Waals surface area contributed by atoms with Crippen LogP contribution in [0.15, 0.2) is 30.5 Å². The second-order valence-corrected chi connectivity index (χ2v) is 4.33. The molecule has 18 heavy (non-hydrogen) atoms. The lowest BCUT2D eigenvalue weighted by molar-refractivity contribution is 1.02. The maximum atomic E-state index is 4.36. The van der Waals surface area contributed by atoms with Crippen molar-refractivity contribution in [3.05, 3.63) is 47.5 Å². The van der Waals surface area contributed by atoms with E-state index in [4.69, 9.17) is 0 Å². The van der Waals surface area contributed by atoms with E-state index in [9.17, 15) is 0 Å². The Morgan fingerprint density at radius 1 is 0.833 bits per heavy atom. The Kier molecular flexibility index (Phi) is 5.46. The molecule has 0 atom stereocenters. The predicted octanol–water partition coefficient (Wildman–Crippen LogP) is 2.90. The highest BCUT2D eigenvalue weighted by atomic mass is 14.7. The van der Waals surface area contributed by atoms with Crippen molar-refractivity contribution >= 4 is 0 Å². The van der Waals surface area contributed by atoms with Crippen molar-refractivity contribution < 1.29 is 0 Å². The molecule has 2 rings (SSSR count). The number of pyridine rings is 2. The maximum absolute atomic E-state index is 4.36. The van der Waals surface area contributed by atoms with Gasteiger partial charge in [0.1, 0.15) is 0 Å². The zero-order valence-electron chi connectivity index (χ0n) is 11.8. The van der Waals surface area contributed by atoms with E-state index < -0.39 is 0 Å². The highest BCUT2D eigenvalue weighted by Gasteiger charge is 2.00. The quantitative estimate of drug-likeness (QED) is 0.837. The van der Waals surface area contributed by atoms with Crippen molar-refractivity contribution in [1.29, 1.82) is 0 Å². The molecule has 2 aromatic heterocycles. The molecule has 2 heterocycles. The molecule has 0 amide bonds. The molecule has 0 fully saturated rings. The van der Waals surface area contributed by atoms with Crippen LogP contribution in [0.3, 0.4) is 0 Å². The van der Waals surface area contributed by atoms with Crippen molar-refractivity contribution in [1.82, 2.24) is 15.3 Å². The molecule has 0 saturated heterocycles. The van der Waals surface area contributed by atoms with Gasteiger partial charge in [-0.3, -0.25) is 9.97 Å². The minimum atomic E-state index is 1.04. The van der Waals surface area contributed by atoms with Crippen LogP contribution >= 0.6 is 0 Å². The second-order valence-electron chi connectivity index (χ2n) is 4.33. The van der Waals surface area contributed by atoms with E-state index >= 15 is 0 Å². The number of aryl methyl sites for hydroxylation is 3. The van der Waals surface area contributed by atoms with E-state index in [1.54, 1.807) is 0 Å². The van der Waals surface area contributed by atoms with E-state index in [0.29, 0.717) is 0 Å². The summed E-state index contributed by atoms with van der Waals surface area (Å²) in [7, 11) is 3.75. The number of hydrogen-bond donors (Lipinski definition) is 1. The van der Waals surface area contributed by atoms with Crippen molar-refractivity contribution in [2.24, 2.45) is 0 Å². The van der Waals surface area contributed by atoms with Gasteiger partial charge in [0.05, 0.1) is 0 Å². The van der Waals surface area contributed by atoms with Crippen molar-refractivity contribution in [3.8, 4) is 11.1 Å². The Morgan fingerprint density at radius 3 is 1.83 bits per heavy atom. The highest BCUT2D eigenvalue weighted by molar-refractivity contribution is 5.63. The van der Waals surface area contributed by atoms with Crippen LogP contribution in [0.2, 0.25) is 0 Å². The molecule has 0 saturated carbocycles. The number of rotatable bonds is 1. The lowest BCUT2D eigenvalue weighted by atomic mass is 10.1. The van der Waals surface area contributed by atoms with Crippen molar-refractivity contribution in [3.63, 3.8) is 0 Å². The number of hydrogen-bond acceptors (Lipinski definition) is 3. The zero-order valence-corrected chi connectivity index (χ0v) is 11.8. The monoisotopic (exact) mass is 243 g/mol. The lowest BCUT2D eigenvalue weighted by Crippen LogP contribution is -1.89. The summed E-state index contributed by atoms with van der Waals surface area (Å²) in [6.45, 7) is 6.02. The first kappa shape index (κ1) is 14.3. The van der Waals surface area contributed by atoms with Crippen LogP contribution in [0.5, 0.6) is 0 Å². The van der Waals surface area contributed by atoms with E-state index in [1.165, 1.54) is 5.56 Å². The van der Waals surface area contributed by atoms with E-state index in [1.807, 2.05) is 47.1 Å². The van der Waals surface area contributed by atoms with E-state index in [2.05, 4.69) is 33.5 Å². The van der Waals surface area contributed by atoms with Gasteiger partial charge in [0.15, 0.2) is 0 Å². The van der Waals surface area contributed by atoms with Crippen molar-refractivity contribution in [2.45, 2.75) is 20.8 Å². The summed E-state index contributed by atoms with van der Waals surface area (Å²) in [5.74, 6) is 0. The molecule has 96 valence electrons. The van der Waals surface area contributed by atoms with Crippen LogP contribution in [-0.4, -0.2) is 24.1 Å². The molecular weight excluding hydrogens is 222 g/mol. The van der Waals surface area contributed by atoms with Crippen LogP contribution in [0.4, 0.5) is 0 Å². The molecule has 0 aliphatic carbocycles. The van der Waals surface area contributed by atoms with Crippen LogP contribution < -0.4 is 5.32 Å². The van der Waals surface area contributed by atoms with Gasteiger partial charge in [-0.05, 0) is 58.6 Å². The average Bonchev–Trinajstić information content (AvgIpc) is 2.29. The Hall–Kier alpha value is -1.74. The molecule has 0 radical (unpaired) electrons. The van der Waals surface area contributed by atoms with Crippen LogP contribution in [0.1, 0.15) is 17.1 Å². The molecule has 0 bridgehead atoms. The highest BCUT2D eigenvalue weighted by Crippen LogP contribution is 2.19. The zero-order chi connectivity index (χ0) is 13.5. The summed E-state index contributed by atoms with van der Waals surface area (Å²) in [6, 6.07) is 8.29. The minimum Gasteiger partial charge on any atom is -0.323 e. The van der Waals surface area contributed by atoms with Gasteiger partial charge in [-0.1, -0.05) is 6.07 Å². The standard InChI is InChI=1S/C13H14N2.C2H7N/c1-9-4-5-12(8-14-9)13-6-10(2)15-11(3)7-13;1-3-2/h4-8H,1-3H3;3H,1-2H3. The van der Waals surface area contributed by atoms with Gasteiger partial charge in [-0.15, -0.1) is 0 Å². The molecule has 3 heteroatoms. The molecule has 0 aromatic carbocycles. The van der Waals surface area contributed by atoms with Crippen LogP contribution in [-0.2, 0) is 0 Å². The number of aromatic nitrogens is 2. The maximum Gasteiger partial charge on any atom is 0.0382 e. The Balaban J connectivity index is 0.000000492. The molecule has 0 unspecified atom stereocenters. The summed E-state index contributed by atoms with van der Waals surface area (Å²) in [4.78, 5) is 8.65. The first-order valence-corrected chi connectivity index (χ1v) is 6.03. The van der Waals surface area contributed by atoms with E-state index in [-0.39, 0.29) is 0 Å². The molecule has 0 aliphatic heterocycles. The SMILES string of the molecule is CNC.Cc1ccc(-c2cc(C)nc(C)c2)cn1. The Labute approximate surface area is 109 Å². The molecular formula is C15H21N3. The fourth-order valence-corrected chi connectivity index (χ4v) is 1.64. The van der Waals surface area contributed by atoms with Gasteiger partial charge < -0.3 is 5.32 Å². The van der Waals surface area contributed by atoms with Crippen LogP contribution in [0.25, 0.3) is 11.1 Å². The number of nitrogens with zero attached hydrogens (tertiary/aromatic N) is 2. The van der Waals surface area contributed by atoms with Gasteiger partial charge in [0, 0.05) is 28.8 Å². The van der Waals surface area contributed by atoms with Crippen LogP contribution in [0, 0.1) is 20.8 Å². The topological polar surface area (TPSA) is 37.8 Å². The molecule has 0 aliphatic rings. The van der Waals surface area contributed by atoms with E-state index in [0.717, 1.165) is 22.6 Å². The van der Waals surface area contributed by atoms with Gasteiger partial charge in [0.25, 0.3) is 0 Å². The third kappa shape index (κ3) is 4.26.